The minimum absolute atomic E-state index is 0.0425. The van der Waals surface area contributed by atoms with E-state index in [4.69, 9.17) is 0 Å². The fraction of sp³-hybridized carbons (Fsp3) is 0.571. The van der Waals surface area contributed by atoms with Crippen molar-refractivity contribution in [3.8, 4) is 0 Å². The van der Waals surface area contributed by atoms with Crippen molar-refractivity contribution < 1.29 is 19.1 Å². The summed E-state index contributed by atoms with van der Waals surface area (Å²) in [6.07, 6.45) is 0. The molecule has 0 aliphatic carbocycles. The summed E-state index contributed by atoms with van der Waals surface area (Å²) >= 11 is 0. The molecule has 1 rings (SSSR count). The van der Waals surface area contributed by atoms with Crippen LogP contribution in [0.25, 0.3) is 0 Å². The monoisotopic (exact) mass is 186 g/mol. The van der Waals surface area contributed by atoms with E-state index in [1.165, 1.54) is 14.0 Å². The van der Waals surface area contributed by atoms with Gasteiger partial charge in [0, 0.05) is 6.92 Å². The molecule has 1 saturated heterocycles. The molecule has 6 nitrogen and oxygen atoms in total. The molecule has 6 heteroatoms. The largest absolute Gasteiger partial charge is 0.467 e. The normalized spacial score (nSPS) is 21.2. The number of hydrogen-bond donors (Lipinski definition) is 1. The van der Waals surface area contributed by atoms with Gasteiger partial charge >= 0.3 is 12.0 Å². The molecule has 1 fully saturated rings. The molecule has 0 unspecified atom stereocenters. The number of hydrogen-bond acceptors (Lipinski definition) is 4. The molecule has 0 spiro atoms. The molecule has 1 aliphatic heterocycles. The summed E-state index contributed by atoms with van der Waals surface area (Å²) in [5.41, 5.74) is 0. The van der Waals surface area contributed by atoms with Gasteiger partial charge in [-0.25, -0.2) is 9.59 Å². The Morgan fingerprint density at radius 1 is 1.62 bits per heavy atom. The minimum atomic E-state index is -0.735. The van der Waals surface area contributed by atoms with Crippen molar-refractivity contribution in [1.82, 2.24) is 10.2 Å². The average molecular weight is 186 g/mol. The highest BCUT2D eigenvalue weighted by molar-refractivity contribution is 5.98. The summed E-state index contributed by atoms with van der Waals surface area (Å²) in [4.78, 5) is 33.8. The van der Waals surface area contributed by atoms with E-state index in [-0.39, 0.29) is 12.5 Å². The number of urea groups is 1. The first-order valence-electron chi connectivity index (χ1n) is 3.72. The maximum absolute atomic E-state index is 11.0. The van der Waals surface area contributed by atoms with Gasteiger partial charge in [0.05, 0.1) is 13.7 Å². The van der Waals surface area contributed by atoms with Crippen molar-refractivity contribution in [2.24, 2.45) is 0 Å². The van der Waals surface area contributed by atoms with Crippen LogP contribution in [0.1, 0.15) is 6.92 Å². The lowest BCUT2D eigenvalue weighted by Gasteiger charge is -2.07. The number of amides is 3. The lowest BCUT2D eigenvalue weighted by atomic mass is 10.3. The Bertz CT molecular complexity index is 263. The summed E-state index contributed by atoms with van der Waals surface area (Å²) in [6.45, 7) is 1.31. The Balaban J connectivity index is 2.65. The third kappa shape index (κ3) is 1.77. The molecule has 0 saturated carbocycles. The zero-order chi connectivity index (χ0) is 10.0. The van der Waals surface area contributed by atoms with Crippen LogP contribution in [0.15, 0.2) is 0 Å². The van der Waals surface area contributed by atoms with Crippen LogP contribution in [0.5, 0.6) is 0 Å². The van der Waals surface area contributed by atoms with Crippen molar-refractivity contribution >= 4 is 17.9 Å². The highest BCUT2D eigenvalue weighted by Gasteiger charge is 2.36. The number of ether oxygens (including phenoxy) is 1. The predicted octanol–water partition coefficient (Wildman–Crippen LogP) is -0.900. The molecule has 0 aromatic carbocycles. The Kier molecular flexibility index (Phi) is 2.50. The lowest BCUT2D eigenvalue weighted by molar-refractivity contribution is -0.142. The van der Waals surface area contributed by atoms with E-state index in [1.54, 1.807) is 0 Å². The van der Waals surface area contributed by atoms with Gasteiger partial charge in [-0.05, 0) is 0 Å². The number of rotatable bonds is 1. The Morgan fingerprint density at radius 3 is 2.62 bits per heavy atom. The van der Waals surface area contributed by atoms with Gasteiger partial charge in [-0.3, -0.25) is 9.69 Å². The summed E-state index contributed by atoms with van der Waals surface area (Å²) in [5.74, 6) is -0.930. The van der Waals surface area contributed by atoms with Crippen molar-refractivity contribution in [3.63, 3.8) is 0 Å². The molecule has 72 valence electrons. The topological polar surface area (TPSA) is 75.7 Å². The van der Waals surface area contributed by atoms with E-state index in [0.717, 1.165) is 4.90 Å². The van der Waals surface area contributed by atoms with Crippen molar-refractivity contribution in [1.29, 1.82) is 0 Å². The van der Waals surface area contributed by atoms with E-state index < -0.39 is 18.0 Å². The molecule has 0 aromatic heterocycles. The fourth-order valence-corrected chi connectivity index (χ4v) is 1.09. The molecule has 1 atom stereocenters. The van der Waals surface area contributed by atoms with Crippen LogP contribution in [-0.4, -0.2) is 42.5 Å². The average Bonchev–Trinajstić information content (AvgIpc) is 2.46. The fourth-order valence-electron chi connectivity index (χ4n) is 1.09. The lowest BCUT2D eigenvalue weighted by Crippen LogP contribution is -2.35. The zero-order valence-corrected chi connectivity index (χ0v) is 7.36. The smallest absolute Gasteiger partial charge is 0.330 e. The summed E-state index contributed by atoms with van der Waals surface area (Å²) in [6, 6.07) is -1.29. The number of nitrogens with one attached hydrogen (secondary N) is 1. The second-order valence-electron chi connectivity index (χ2n) is 2.65. The van der Waals surface area contributed by atoms with Crippen LogP contribution < -0.4 is 5.32 Å². The molecular formula is C7H10N2O4. The summed E-state index contributed by atoms with van der Waals surface area (Å²) in [5, 5.41) is 2.33. The zero-order valence-electron chi connectivity index (χ0n) is 7.36. The van der Waals surface area contributed by atoms with Crippen molar-refractivity contribution in [3.05, 3.63) is 0 Å². The van der Waals surface area contributed by atoms with Gasteiger partial charge in [0.1, 0.15) is 6.04 Å². The molecule has 13 heavy (non-hydrogen) atoms. The van der Waals surface area contributed by atoms with Crippen molar-refractivity contribution in [2.45, 2.75) is 13.0 Å². The Morgan fingerprint density at radius 2 is 2.23 bits per heavy atom. The van der Waals surface area contributed by atoms with Crippen LogP contribution in [0.3, 0.4) is 0 Å². The highest BCUT2D eigenvalue weighted by Crippen LogP contribution is 2.05. The van der Waals surface area contributed by atoms with Crippen LogP contribution in [0.4, 0.5) is 4.79 Å². The predicted molar refractivity (Wildman–Crippen MR) is 41.7 cm³/mol. The quantitative estimate of drug-likeness (QED) is 0.538. The van der Waals surface area contributed by atoms with E-state index in [9.17, 15) is 14.4 Å². The first kappa shape index (κ1) is 9.50. The number of carbonyl (C=O) groups excluding carboxylic acids is 3. The van der Waals surface area contributed by atoms with Gasteiger partial charge in [-0.1, -0.05) is 0 Å². The standard InChI is InChI=1S/C7H10N2O4/c1-4(10)9-3-5(6(11)13-2)8-7(9)12/h5H,3H2,1-2H3,(H,8,12)/t5-/m1/s1. The maximum Gasteiger partial charge on any atom is 0.330 e. The van der Waals surface area contributed by atoms with Gasteiger partial charge in [0.25, 0.3) is 0 Å². The third-order valence-corrected chi connectivity index (χ3v) is 1.77. The van der Waals surface area contributed by atoms with Crippen LogP contribution in [0, 0.1) is 0 Å². The number of esters is 1. The second kappa shape index (κ2) is 3.42. The van der Waals surface area contributed by atoms with Crippen LogP contribution >= 0.6 is 0 Å². The summed E-state index contributed by atoms with van der Waals surface area (Å²) in [7, 11) is 1.23. The van der Waals surface area contributed by atoms with Gasteiger partial charge in [0.2, 0.25) is 5.91 Å². The Hall–Kier alpha value is -1.59. The molecule has 1 heterocycles. The molecule has 0 bridgehead atoms. The van der Waals surface area contributed by atoms with Gasteiger partial charge in [0.15, 0.2) is 0 Å². The molecular weight excluding hydrogens is 176 g/mol. The summed E-state index contributed by atoms with van der Waals surface area (Å²) < 4.78 is 4.42. The first-order chi connectivity index (χ1) is 6.06. The molecule has 3 amide bonds. The van der Waals surface area contributed by atoms with E-state index in [2.05, 4.69) is 10.1 Å². The highest BCUT2D eigenvalue weighted by atomic mass is 16.5. The Labute approximate surface area is 74.8 Å². The van der Waals surface area contributed by atoms with Crippen LogP contribution in [0.2, 0.25) is 0 Å². The maximum atomic E-state index is 11.0. The van der Waals surface area contributed by atoms with Gasteiger partial charge in [-0.2, -0.15) is 0 Å². The third-order valence-electron chi connectivity index (χ3n) is 1.77. The van der Waals surface area contributed by atoms with Crippen molar-refractivity contribution in [2.75, 3.05) is 13.7 Å². The van der Waals surface area contributed by atoms with E-state index >= 15 is 0 Å². The van der Waals surface area contributed by atoms with Gasteiger partial charge < -0.3 is 10.1 Å². The molecule has 0 aromatic rings. The number of carbonyl (C=O) groups is 3. The first-order valence-corrected chi connectivity index (χ1v) is 3.72. The van der Waals surface area contributed by atoms with E-state index in [0.29, 0.717) is 0 Å². The SMILES string of the molecule is COC(=O)[C@H]1CN(C(C)=O)C(=O)N1. The van der Waals surface area contributed by atoms with E-state index in [1.807, 2.05) is 0 Å². The number of imide groups is 1. The minimum Gasteiger partial charge on any atom is -0.467 e. The van der Waals surface area contributed by atoms with Gasteiger partial charge in [-0.15, -0.1) is 0 Å². The molecule has 1 N–H and O–H groups in total. The van der Waals surface area contributed by atoms with Crippen LogP contribution in [-0.2, 0) is 14.3 Å². The second-order valence-corrected chi connectivity index (χ2v) is 2.65. The number of methoxy groups -OCH3 is 1. The molecule has 1 aliphatic rings. The number of nitrogens with zero attached hydrogens (tertiary/aromatic N) is 1. The molecule has 0 radical (unpaired) electrons.